The van der Waals surface area contributed by atoms with Crippen molar-refractivity contribution in [1.82, 2.24) is 19.9 Å². The van der Waals surface area contributed by atoms with Crippen molar-refractivity contribution < 1.29 is 14.1 Å². The van der Waals surface area contributed by atoms with E-state index in [-0.39, 0.29) is 11.9 Å². The first-order valence-electron chi connectivity index (χ1n) is 8.54. The van der Waals surface area contributed by atoms with Gasteiger partial charge in [0.2, 0.25) is 11.8 Å². The molecule has 0 saturated carbocycles. The summed E-state index contributed by atoms with van der Waals surface area (Å²) in [6.07, 6.45) is 2.87. The Morgan fingerprint density at radius 3 is 2.96 bits per heavy atom. The summed E-state index contributed by atoms with van der Waals surface area (Å²) in [7, 11) is 0. The van der Waals surface area contributed by atoms with Crippen molar-refractivity contribution in [3.05, 3.63) is 11.7 Å². The van der Waals surface area contributed by atoms with E-state index in [1.807, 2.05) is 11.8 Å². The molecule has 7 nitrogen and oxygen atoms in total. The molecule has 0 N–H and O–H groups in total. The summed E-state index contributed by atoms with van der Waals surface area (Å²) in [4.78, 5) is 20.7. The minimum atomic E-state index is 0.0731. The molecule has 2 aliphatic heterocycles. The van der Waals surface area contributed by atoms with Crippen molar-refractivity contribution in [2.45, 2.75) is 45.7 Å². The Hall–Kier alpha value is -1.47. The molecule has 2 aliphatic rings. The standard InChI is InChI=1S/C16H26N4O3/c1-3-16-17-15(18-23-16)10-20(12(2)21)14-4-6-19(9-14)8-13-5-7-22-11-13/h13-14H,3-11H2,1-2H3/t13-,14+/m0/s1. The van der Waals surface area contributed by atoms with Crippen molar-refractivity contribution in [2.75, 3.05) is 32.8 Å². The molecule has 2 atom stereocenters. The van der Waals surface area contributed by atoms with Gasteiger partial charge in [0.25, 0.3) is 0 Å². The molecule has 1 amide bonds. The van der Waals surface area contributed by atoms with Crippen LogP contribution in [0.3, 0.4) is 0 Å². The van der Waals surface area contributed by atoms with E-state index in [1.165, 1.54) is 0 Å². The summed E-state index contributed by atoms with van der Waals surface area (Å²) in [5.74, 6) is 1.94. The summed E-state index contributed by atoms with van der Waals surface area (Å²) < 4.78 is 10.6. The number of likely N-dealkylation sites (tertiary alicyclic amines) is 1. The number of carbonyl (C=O) groups excluding carboxylic acids is 1. The van der Waals surface area contributed by atoms with Gasteiger partial charge in [-0.2, -0.15) is 4.98 Å². The Bertz CT molecular complexity index is 527. The van der Waals surface area contributed by atoms with Crippen molar-refractivity contribution in [3.63, 3.8) is 0 Å². The Kier molecular flexibility index (Phi) is 5.27. The molecule has 7 heteroatoms. The molecule has 1 aromatic heterocycles. The van der Waals surface area contributed by atoms with Crippen LogP contribution in [0, 0.1) is 5.92 Å². The second kappa shape index (κ2) is 7.40. The molecule has 0 bridgehead atoms. The minimum Gasteiger partial charge on any atom is -0.381 e. The zero-order chi connectivity index (χ0) is 16.2. The molecular weight excluding hydrogens is 296 g/mol. The van der Waals surface area contributed by atoms with Gasteiger partial charge in [-0.3, -0.25) is 4.79 Å². The van der Waals surface area contributed by atoms with Crippen LogP contribution in [-0.2, 0) is 22.5 Å². The lowest BCUT2D eigenvalue weighted by molar-refractivity contribution is -0.131. The van der Waals surface area contributed by atoms with E-state index >= 15 is 0 Å². The van der Waals surface area contributed by atoms with Crippen molar-refractivity contribution in [3.8, 4) is 0 Å². The van der Waals surface area contributed by atoms with Crippen LogP contribution in [0.25, 0.3) is 0 Å². The van der Waals surface area contributed by atoms with E-state index in [1.54, 1.807) is 6.92 Å². The van der Waals surface area contributed by atoms with Gasteiger partial charge in [-0.15, -0.1) is 0 Å². The SMILES string of the molecule is CCc1nc(CN(C(C)=O)[C@@H]2CCN(C[C@@H]3CCOC3)C2)no1. The van der Waals surface area contributed by atoms with E-state index < -0.39 is 0 Å². The van der Waals surface area contributed by atoms with E-state index in [4.69, 9.17) is 9.26 Å². The Morgan fingerprint density at radius 2 is 2.30 bits per heavy atom. The number of nitrogens with zero attached hydrogens (tertiary/aromatic N) is 4. The summed E-state index contributed by atoms with van der Waals surface area (Å²) in [5.41, 5.74) is 0. The zero-order valence-corrected chi connectivity index (χ0v) is 14.0. The van der Waals surface area contributed by atoms with Gasteiger partial charge in [0, 0.05) is 45.6 Å². The van der Waals surface area contributed by atoms with Crippen molar-refractivity contribution in [2.24, 2.45) is 5.92 Å². The Morgan fingerprint density at radius 1 is 1.43 bits per heavy atom. The average molecular weight is 322 g/mol. The normalized spacial score (nSPS) is 25.1. The monoisotopic (exact) mass is 322 g/mol. The molecule has 0 radical (unpaired) electrons. The highest BCUT2D eigenvalue weighted by molar-refractivity contribution is 5.73. The molecule has 0 aromatic carbocycles. The van der Waals surface area contributed by atoms with Gasteiger partial charge in [0.15, 0.2) is 5.82 Å². The highest BCUT2D eigenvalue weighted by Crippen LogP contribution is 2.21. The molecule has 0 aliphatic carbocycles. The summed E-state index contributed by atoms with van der Waals surface area (Å²) in [5, 5.41) is 3.97. The fraction of sp³-hybridized carbons (Fsp3) is 0.812. The average Bonchev–Trinajstić information content (AvgIpc) is 3.26. The topological polar surface area (TPSA) is 71.7 Å². The first-order chi connectivity index (χ1) is 11.2. The lowest BCUT2D eigenvalue weighted by Gasteiger charge is -2.27. The molecule has 23 heavy (non-hydrogen) atoms. The molecule has 0 unspecified atom stereocenters. The van der Waals surface area contributed by atoms with Gasteiger partial charge in [-0.05, 0) is 18.8 Å². The van der Waals surface area contributed by atoms with Gasteiger partial charge in [-0.1, -0.05) is 12.1 Å². The molecule has 3 heterocycles. The number of hydrogen-bond acceptors (Lipinski definition) is 6. The van der Waals surface area contributed by atoms with Gasteiger partial charge in [0.1, 0.15) is 0 Å². The number of rotatable bonds is 6. The second-order valence-electron chi connectivity index (χ2n) is 6.54. The zero-order valence-electron chi connectivity index (χ0n) is 14.0. The third-order valence-corrected chi connectivity index (χ3v) is 4.76. The molecule has 128 valence electrons. The van der Waals surface area contributed by atoms with Crippen LogP contribution in [0.2, 0.25) is 0 Å². The highest BCUT2D eigenvalue weighted by atomic mass is 16.5. The molecular formula is C16H26N4O3. The number of aryl methyl sites for hydroxylation is 1. The Balaban J connectivity index is 1.56. The van der Waals surface area contributed by atoms with Crippen LogP contribution in [0.5, 0.6) is 0 Å². The van der Waals surface area contributed by atoms with Crippen LogP contribution < -0.4 is 0 Å². The van der Waals surface area contributed by atoms with Crippen LogP contribution in [0.4, 0.5) is 0 Å². The summed E-state index contributed by atoms with van der Waals surface area (Å²) in [6, 6.07) is 0.235. The van der Waals surface area contributed by atoms with Gasteiger partial charge >= 0.3 is 0 Å². The fourth-order valence-electron chi connectivity index (χ4n) is 3.47. The second-order valence-corrected chi connectivity index (χ2v) is 6.54. The first-order valence-corrected chi connectivity index (χ1v) is 8.54. The maximum Gasteiger partial charge on any atom is 0.226 e. The van der Waals surface area contributed by atoms with Gasteiger partial charge < -0.3 is 19.1 Å². The van der Waals surface area contributed by atoms with E-state index in [9.17, 15) is 4.79 Å². The van der Waals surface area contributed by atoms with Crippen LogP contribution in [-0.4, -0.2) is 64.7 Å². The maximum absolute atomic E-state index is 12.1. The summed E-state index contributed by atoms with van der Waals surface area (Å²) >= 11 is 0. The third kappa shape index (κ3) is 4.09. The predicted molar refractivity (Wildman–Crippen MR) is 83.7 cm³/mol. The van der Waals surface area contributed by atoms with E-state index in [2.05, 4.69) is 15.0 Å². The fourth-order valence-corrected chi connectivity index (χ4v) is 3.47. The molecule has 3 rings (SSSR count). The lowest BCUT2D eigenvalue weighted by atomic mass is 10.1. The van der Waals surface area contributed by atoms with Crippen molar-refractivity contribution >= 4 is 5.91 Å². The van der Waals surface area contributed by atoms with E-state index in [0.29, 0.717) is 30.6 Å². The van der Waals surface area contributed by atoms with Crippen LogP contribution in [0.15, 0.2) is 4.52 Å². The number of carbonyl (C=O) groups is 1. The van der Waals surface area contributed by atoms with Gasteiger partial charge in [0.05, 0.1) is 13.2 Å². The Labute approximate surface area is 137 Å². The minimum absolute atomic E-state index is 0.0731. The predicted octanol–water partition coefficient (Wildman–Crippen LogP) is 1.09. The number of aromatic nitrogens is 2. The van der Waals surface area contributed by atoms with Crippen molar-refractivity contribution in [1.29, 1.82) is 0 Å². The largest absolute Gasteiger partial charge is 0.381 e. The highest BCUT2D eigenvalue weighted by Gasteiger charge is 2.31. The first kappa shape index (κ1) is 16.4. The number of ether oxygens (including phenoxy) is 1. The molecule has 0 spiro atoms. The molecule has 2 fully saturated rings. The van der Waals surface area contributed by atoms with Crippen LogP contribution >= 0.6 is 0 Å². The number of amides is 1. The van der Waals surface area contributed by atoms with Gasteiger partial charge in [-0.25, -0.2) is 0 Å². The summed E-state index contributed by atoms with van der Waals surface area (Å²) in [6.45, 7) is 8.83. The lowest BCUT2D eigenvalue weighted by Crippen LogP contribution is -2.41. The molecule has 2 saturated heterocycles. The number of hydrogen-bond donors (Lipinski definition) is 0. The maximum atomic E-state index is 12.1. The quantitative estimate of drug-likeness (QED) is 0.781. The van der Waals surface area contributed by atoms with E-state index in [0.717, 1.165) is 45.7 Å². The molecule has 1 aromatic rings. The smallest absolute Gasteiger partial charge is 0.226 e. The third-order valence-electron chi connectivity index (χ3n) is 4.76. The van der Waals surface area contributed by atoms with Crippen LogP contribution in [0.1, 0.15) is 38.4 Å².